The molecule has 6 nitrogen and oxygen atoms in total. The van der Waals surface area contributed by atoms with Gasteiger partial charge in [-0.15, -0.1) is 0 Å². The second kappa shape index (κ2) is 6.80. The van der Waals surface area contributed by atoms with Crippen LogP contribution in [0.15, 0.2) is 41.7 Å². The number of pyridine rings is 1. The Bertz CT molecular complexity index is 705. The smallest absolute Gasteiger partial charge is 0.277 e. The molecule has 22 heavy (non-hydrogen) atoms. The number of carbonyl (C=O) groups excluding carboxylic acids is 1. The molecule has 0 fully saturated rings. The fourth-order valence-corrected chi connectivity index (χ4v) is 1.95. The van der Waals surface area contributed by atoms with Gasteiger partial charge in [0.1, 0.15) is 0 Å². The van der Waals surface area contributed by atoms with Crippen LogP contribution in [-0.4, -0.2) is 31.8 Å². The SMILES string of the molecule is COc1cc(C(=O)N=c2ccn(C)cc2)cc(OC)c1OC. The Morgan fingerprint density at radius 3 is 2.00 bits per heavy atom. The Morgan fingerprint density at radius 1 is 1.00 bits per heavy atom. The number of aryl methyl sites for hydroxylation is 1. The van der Waals surface area contributed by atoms with Gasteiger partial charge >= 0.3 is 0 Å². The molecular formula is C16H18N2O4. The Kier molecular flexibility index (Phi) is 4.83. The average Bonchev–Trinajstić information content (AvgIpc) is 2.55. The van der Waals surface area contributed by atoms with Gasteiger partial charge in [0.2, 0.25) is 5.75 Å². The van der Waals surface area contributed by atoms with Crippen LogP contribution in [0, 0.1) is 0 Å². The number of nitrogens with zero attached hydrogens (tertiary/aromatic N) is 2. The van der Waals surface area contributed by atoms with Gasteiger partial charge in [0.05, 0.1) is 26.7 Å². The predicted octanol–water partition coefficient (Wildman–Crippen LogP) is 1.79. The predicted molar refractivity (Wildman–Crippen MR) is 81.4 cm³/mol. The highest BCUT2D eigenvalue weighted by molar-refractivity contribution is 5.96. The molecule has 0 bridgehead atoms. The lowest BCUT2D eigenvalue weighted by Gasteiger charge is -2.12. The first-order valence-corrected chi connectivity index (χ1v) is 6.60. The zero-order valence-corrected chi connectivity index (χ0v) is 13.0. The van der Waals surface area contributed by atoms with Crippen LogP contribution in [0.2, 0.25) is 0 Å². The molecule has 6 heteroatoms. The molecule has 0 aliphatic heterocycles. The molecule has 0 aliphatic carbocycles. The summed E-state index contributed by atoms with van der Waals surface area (Å²) in [6, 6.07) is 6.68. The molecule has 0 N–H and O–H groups in total. The molecule has 1 aromatic heterocycles. The molecule has 0 saturated heterocycles. The molecule has 0 atom stereocenters. The topological polar surface area (TPSA) is 62.0 Å². The van der Waals surface area contributed by atoms with Crippen LogP contribution in [0.5, 0.6) is 17.2 Å². The van der Waals surface area contributed by atoms with Gasteiger partial charge in [-0.2, -0.15) is 0 Å². The van der Waals surface area contributed by atoms with Crippen molar-refractivity contribution < 1.29 is 19.0 Å². The number of carbonyl (C=O) groups is 1. The third-order valence-electron chi connectivity index (χ3n) is 3.10. The van der Waals surface area contributed by atoms with E-state index >= 15 is 0 Å². The summed E-state index contributed by atoms with van der Waals surface area (Å²) in [6.45, 7) is 0. The minimum Gasteiger partial charge on any atom is -0.493 e. The second-order valence-corrected chi connectivity index (χ2v) is 4.55. The van der Waals surface area contributed by atoms with Crippen molar-refractivity contribution in [1.82, 2.24) is 4.57 Å². The van der Waals surface area contributed by atoms with E-state index in [0.717, 1.165) is 0 Å². The van der Waals surface area contributed by atoms with Gasteiger partial charge in [0.25, 0.3) is 5.91 Å². The Hall–Kier alpha value is -2.76. The lowest BCUT2D eigenvalue weighted by molar-refractivity contribution is 0.0997. The van der Waals surface area contributed by atoms with Gasteiger partial charge in [-0.25, -0.2) is 4.99 Å². The number of methoxy groups -OCH3 is 3. The standard InChI is InChI=1S/C16H18N2O4/c1-18-7-5-12(6-8-18)17-16(19)11-9-13(20-2)15(22-4)14(10-11)21-3/h5-10H,1-4H3. The highest BCUT2D eigenvalue weighted by Gasteiger charge is 2.16. The van der Waals surface area contributed by atoms with Gasteiger partial charge < -0.3 is 18.8 Å². The number of hydrogen-bond donors (Lipinski definition) is 0. The lowest BCUT2D eigenvalue weighted by atomic mass is 10.1. The van der Waals surface area contributed by atoms with Crippen molar-refractivity contribution in [2.45, 2.75) is 0 Å². The van der Waals surface area contributed by atoms with Crippen molar-refractivity contribution in [3.63, 3.8) is 0 Å². The van der Waals surface area contributed by atoms with Crippen LogP contribution in [0.25, 0.3) is 0 Å². The molecule has 0 unspecified atom stereocenters. The molecule has 0 spiro atoms. The summed E-state index contributed by atoms with van der Waals surface area (Å²) in [5, 5.41) is 0.580. The minimum atomic E-state index is -0.381. The highest BCUT2D eigenvalue weighted by Crippen LogP contribution is 2.38. The van der Waals surface area contributed by atoms with E-state index in [1.165, 1.54) is 21.3 Å². The quantitative estimate of drug-likeness (QED) is 0.864. The van der Waals surface area contributed by atoms with Gasteiger partial charge in [-0.05, 0) is 24.3 Å². The number of rotatable bonds is 4. The summed E-state index contributed by atoms with van der Waals surface area (Å²) in [7, 11) is 6.40. The van der Waals surface area contributed by atoms with Crippen molar-refractivity contribution in [1.29, 1.82) is 0 Å². The fourth-order valence-electron chi connectivity index (χ4n) is 1.95. The van der Waals surface area contributed by atoms with E-state index in [9.17, 15) is 4.79 Å². The molecular weight excluding hydrogens is 284 g/mol. The molecule has 0 saturated carbocycles. The van der Waals surface area contributed by atoms with E-state index in [1.807, 2.05) is 24.0 Å². The van der Waals surface area contributed by atoms with Crippen molar-refractivity contribution >= 4 is 5.91 Å². The van der Waals surface area contributed by atoms with Gasteiger partial charge in [0.15, 0.2) is 11.5 Å². The van der Waals surface area contributed by atoms with Crippen LogP contribution in [-0.2, 0) is 7.05 Å². The van der Waals surface area contributed by atoms with Crippen LogP contribution in [0.3, 0.4) is 0 Å². The van der Waals surface area contributed by atoms with Crippen molar-refractivity contribution in [2.24, 2.45) is 12.0 Å². The number of amides is 1. The zero-order chi connectivity index (χ0) is 16.1. The van der Waals surface area contributed by atoms with Crippen molar-refractivity contribution in [3.8, 4) is 17.2 Å². The third-order valence-corrected chi connectivity index (χ3v) is 3.10. The van der Waals surface area contributed by atoms with Crippen molar-refractivity contribution in [3.05, 3.63) is 47.6 Å². The maximum atomic E-state index is 12.3. The van der Waals surface area contributed by atoms with E-state index in [0.29, 0.717) is 28.2 Å². The second-order valence-electron chi connectivity index (χ2n) is 4.55. The zero-order valence-electron chi connectivity index (χ0n) is 13.0. The number of hydrogen-bond acceptors (Lipinski definition) is 4. The molecule has 2 aromatic rings. The van der Waals surface area contributed by atoms with E-state index < -0.39 is 0 Å². The molecule has 0 aliphatic rings. The van der Waals surface area contributed by atoms with Gasteiger partial charge in [0, 0.05) is 25.0 Å². The third kappa shape index (κ3) is 3.28. The number of benzene rings is 1. The van der Waals surface area contributed by atoms with Crippen molar-refractivity contribution in [2.75, 3.05) is 21.3 Å². The summed E-state index contributed by atoms with van der Waals surface area (Å²) in [5.41, 5.74) is 0.364. The summed E-state index contributed by atoms with van der Waals surface area (Å²) in [5.74, 6) is 0.890. The normalized spacial score (nSPS) is 10.0. The first-order chi connectivity index (χ1) is 10.6. The number of aromatic nitrogens is 1. The number of ether oxygens (including phenoxy) is 3. The van der Waals surface area contributed by atoms with Crippen LogP contribution >= 0.6 is 0 Å². The Morgan fingerprint density at radius 2 is 1.55 bits per heavy atom. The van der Waals surface area contributed by atoms with E-state index in [2.05, 4.69) is 4.99 Å². The minimum absolute atomic E-state index is 0.364. The van der Waals surface area contributed by atoms with E-state index in [-0.39, 0.29) is 5.91 Å². The van der Waals surface area contributed by atoms with Gasteiger partial charge in [-0.1, -0.05) is 0 Å². The van der Waals surface area contributed by atoms with Crippen LogP contribution in [0.1, 0.15) is 10.4 Å². The molecule has 0 radical (unpaired) electrons. The van der Waals surface area contributed by atoms with E-state index in [1.54, 1.807) is 24.3 Å². The highest BCUT2D eigenvalue weighted by atomic mass is 16.5. The monoisotopic (exact) mass is 302 g/mol. The van der Waals surface area contributed by atoms with Crippen LogP contribution in [0.4, 0.5) is 0 Å². The largest absolute Gasteiger partial charge is 0.493 e. The Balaban J connectivity index is 2.46. The maximum Gasteiger partial charge on any atom is 0.277 e. The molecule has 116 valence electrons. The first-order valence-electron chi connectivity index (χ1n) is 6.60. The summed E-state index contributed by atoms with van der Waals surface area (Å²) >= 11 is 0. The molecule has 1 heterocycles. The van der Waals surface area contributed by atoms with Gasteiger partial charge in [-0.3, -0.25) is 4.79 Å². The lowest BCUT2D eigenvalue weighted by Crippen LogP contribution is -2.08. The molecule has 1 amide bonds. The Labute approximate surface area is 128 Å². The fraction of sp³-hybridized carbons (Fsp3) is 0.250. The first kappa shape index (κ1) is 15.6. The summed E-state index contributed by atoms with van der Waals surface area (Å²) in [6.07, 6.45) is 3.64. The molecule has 1 aromatic carbocycles. The summed E-state index contributed by atoms with van der Waals surface area (Å²) in [4.78, 5) is 16.4. The average molecular weight is 302 g/mol. The maximum absolute atomic E-state index is 12.3. The summed E-state index contributed by atoms with van der Waals surface area (Å²) < 4.78 is 17.6. The molecule has 2 rings (SSSR count). The van der Waals surface area contributed by atoms with E-state index in [4.69, 9.17) is 14.2 Å². The van der Waals surface area contributed by atoms with Crippen LogP contribution < -0.4 is 19.6 Å².